The van der Waals surface area contributed by atoms with Crippen molar-refractivity contribution in [2.24, 2.45) is 7.05 Å². The molecule has 1 aliphatic carbocycles. The zero-order valence-corrected chi connectivity index (χ0v) is 21.8. The van der Waals surface area contributed by atoms with Gasteiger partial charge in [0.1, 0.15) is 18.1 Å². The molecule has 0 radical (unpaired) electrons. The maximum absolute atomic E-state index is 12.0. The molecule has 0 N–H and O–H groups in total. The third-order valence-corrected chi connectivity index (χ3v) is 7.66. The van der Waals surface area contributed by atoms with Gasteiger partial charge in [0, 0.05) is 56.8 Å². The normalized spacial score (nSPS) is 17.6. The van der Waals surface area contributed by atoms with Gasteiger partial charge in [-0.25, -0.2) is 0 Å². The van der Waals surface area contributed by atoms with Crippen LogP contribution in [0.25, 0.3) is 0 Å². The van der Waals surface area contributed by atoms with E-state index >= 15 is 0 Å². The van der Waals surface area contributed by atoms with Crippen LogP contribution in [-0.4, -0.2) is 39.5 Å². The van der Waals surface area contributed by atoms with Gasteiger partial charge in [-0.15, -0.1) is 0 Å². The van der Waals surface area contributed by atoms with Crippen LogP contribution in [0, 0.1) is 0 Å². The van der Waals surface area contributed by atoms with Gasteiger partial charge < -0.3 is 14.0 Å². The fraction of sp³-hybridized carbons (Fsp3) is 0.367. The van der Waals surface area contributed by atoms with E-state index in [1.165, 1.54) is 41.3 Å². The first kappa shape index (κ1) is 24.4. The Bertz CT molecular complexity index is 1410. The van der Waals surface area contributed by atoms with Gasteiger partial charge in [-0.3, -0.25) is 14.4 Å². The molecule has 196 valence electrons. The van der Waals surface area contributed by atoms with E-state index in [0.717, 1.165) is 50.2 Å². The number of benzene rings is 2. The summed E-state index contributed by atoms with van der Waals surface area (Å²) in [6.07, 6.45) is 6.90. The minimum Gasteiger partial charge on any atom is -0.486 e. The Kier molecular flexibility index (Phi) is 6.72. The third kappa shape index (κ3) is 5.09. The summed E-state index contributed by atoms with van der Waals surface area (Å²) in [4.78, 5) is 14.5. The molecule has 0 fully saturated rings. The number of hydrogen-bond acceptors (Lipinski definition) is 7. The molecule has 2 atom stereocenters. The van der Waals surface area contributed by atoms with E-state index < -0.39 is 0 Å². The van der Waals surface area contributed by atoms with Crippen molar-refractivity contribution in [2.45, 2.75) is 50.8 Å². The fourth-order valence-electron chi connectivity index (χ4n) is 5.74. The molecular formula is C30H32N4O4. The van der Waals surface area contributed by atoms with Gasteiger partial charge in [-0.05, 0) is 47.2 Å². The molecule has 4 aromatic rings. The summed E-state index contributed by atoms with van der Waals surface area (Å²) in [6.45, 7) is 2.95. The maximum Gasteiger partial charge on any atom is 0.306 e. The Labute approximate surface area is 222 Å². The average molecular weight is 513 g/mol. The number of methoxy groups -OCH3 is 1. The van der Waals surface area contributed by atoms with Crippen molar-refractivity contribution in [3.63, 3.8) is 0 Å². The lowest BCUT2D eigenvalue weighted by Gasteiger charge is -2.26. The van der Waals surface area contributed by atoms with Crippen LogP contribution in [-0.2, 0) is 42.5 Å². The lowest BCUT2D eigenvalue weighted by Crippen LogP contribution is -2.29. The molecule has 8 heteroatoms. The maximum atomic E-state index is 12.0. The monoisotopic (exact) mass is 512 g/mol. The van der Waals surface area contributed by atoms with Crippen LogP contribution >= 0.6 is 0 Å². The lowest BCUT2D eigenvalue weighted by atomic mass is 9.92. The van der Waals surface area contributed by atoms with E-state index in [1.807, 2.05) is 36.0 Å². The standard InChI is InChI=1S/C30H32N4O4/c1-33-18-23-19-34(13-11-27(23)31-33)17-20-3-9-25-22(15-20)6-10-29(25)38-24-7-4-21(5-8-24)26(16-30(35)36-2)28-12-14-37-32-28/h3-5,7-9,12,14-15,18,26,29H,6,10-11,13,16-17,19H2,1-2H3/t26-,29+/m0/s1. The zero-order chi connectivity index (χ0) is 26.1. The average Bonchev–Trinajstić information content (AvgIpc) is 3.67. The van der Waals surface area contributed by atoms with Crippen LogP contribution in [0.3, 0.4) is 0 Å². The van der Waals surface area contributed by atoms with Crippen LogP contribution in [0.4, 0.5) is 0 Å². The van der Waals surface area contributed by atoms with Crippen LogP contribution in [0.5, 0.6) is 5.75 Å². The van der Waals surface area contributed by atoms with Crippen molar-refractivity contribution < 1.29 is 18.8 Å². The Balaban J connectivity index is 1.11. The predicted octanol–water partition coefficient (Wildman–Crippen LogP) is 4.73. The highest BCUT2D eigenvalue weighted by atomic mass is 16.5. The summed E-state index contributed by atoms with van der Waals surface area (Å²) >= 11 is 0. The molecule has 38 heavy (non-hydrogen) atoms. The Morgan fingerprint density at radius 3 is 2.79 bits per heavy atom. The molecule has 0 amide bonds. The minimum absolute atomic E-state index is 0.0410. The minimum atomic E-state index is -0.289. The van der Waals surface area contributed by atoms with Gasteiger partial charge in [-0.2, -0.15) is 5.10 Å². The largest absolute Gasteiger partial charge is 0.486 e. The number of carbonyl (C=O) groups is 1. The van der Waals surface area contributed by atoms with Crippen LogP contribution in [0.15, 0.2) is 65.5 Å². The molecule has 2 aromatic carbocycles. The van der Waals surface area contributed by atoms with Crippen molar-refractivity contribution in [1.82, 2.24) is 19.8 Å². The second-order valence-corrected chi connectivity index (χ2v) is 10.2. The fourth-order valence-corrected chi connectivity index (χ4v) is 5.74. The molecule has 0 saturated carbocycles. The number of fused-ring (bicyclic) bond motifs is 2. The number of aryl methyl sites for hydroxylation is 2. The Morgan fingerprint density at radius 1 is 1.13 bits per heavy atom. The number of hydrogen-bond donors (Lipinski definition) is 0. The Hall–Kier alpha value is -3.91. The smallest absolute Gasteiger partial charge is 0.306 e. The molecule has 0 saturated heterocycles. The molecule has 1 aliphatic heterocycles. The van der Waals surface area contributed by atoms with E-state index in [2.05, 4.69) is 39.6 Å². The topological polar surface area (TPSA) is 82.6 Å². The molecule has 3 heterocycles. The summed E-state index contributed by atoms with van der Waals surface area (Å²) in [6, 6.07) is 16.5. The molecule has 2 aromatic heterocycles. The van der Waals surface area contributed by atoms with E-state index in [0.29, 0.717) is 5.69 Å². The van der Waals surface area contributed by atoms with Crippen molar-refractivity contribution in [3.05, 3.63) is 100 Å². The van der Waals surface area contributed by atoms with Gasteiger partial charge in [-0.1, -0.05) is 35.5 Å². The van der Waals surface area contributed by atoms with Crippen molar-refractivity contribution in [2.75, 3.05) is 13.7 Å². The summed E-state index contributed by atoms with van der Waals surface area (Å²) < 4.78 is 18.2. The molecule has 6 rings (SSSR count). The SMILES string of the molecule is COC(=O)C[C@@H](c1ccc(O[C@@H]2CCc3cc(CN4CCc5nn(C)cc5C4)ccc32)cc1)c1ccon1. The van der Waals surface area contributed by atoms with Gasteiger partial charge in [0.2, 0.25) is 0 Å². The van der Waals surface area contributed by atoms with Crippen LogP contribution in [0.1, 0.15) is 64.1 Å². The second kappa shape index (κ2) is 10.5. The first-order valence-electron chi connectivity index (χ1n) is 13.1. The number of carbonyl (C=O) groups excluding carboxylic acids is 1. The van der Waals surface area contributed by atoms with E-state index in [4.69, 9.17) is 14.0 Å². The van der Waals surface area contributed by atoms with E-state index in [9.17, 15) is 4.79 Å². The summed E-state index contributed by atoms with van der Waals surface area (Å²) in [5.41, 5.74) is 8.26. The zero-order valence-electron chi connectivity index (χ0n) is 21.8. The van der Waals surface area contributed by atoms with Crippen LogP contribution < -0.4 is 4.74 Å². The number of ether oxygens (including phenoxy) is 2. The first-order chi connectivity index (χ1) is 18.6. The predicted molar refractivity (Wildman–Crippen MR) is 141 cm³/mol. The van der Waals surface area contributed by atoms with Crippen molar-refractivity contribution in [1.29, 1.82) is 0 Å². The molecule has 0 unspecified atom stereocenters. The van der Waals surface area contributed by atoms with Crippen LogP contribution in [0.2, 0.25) is 0 Å². The summed E-state index contributed by atoms with van der Waals surface area (Å²) in [7, 11) is 3.39. The Morgan fingerprint density at radius 2 is 2.00 bits per heavy atom. The highest BCUT2D eigenvalue weighted by Crippen LogP contribution is 2.37. The third-order valence-electron chi connectivity index (χ3n) is 7.66. The van der Waals surface area contributed by atoms with E-state index in [1.54, 1.807) is 6.07 Å². The van der Waals surface area contributed by atoms with Crippen molar-refractivity contribution >= 4 is 5.97 Å². The number of aromatic nitrogens is 3. The molecular weight excluding hydrogens is 480 g/mol. The van der Waals surface area contributed by atoms with E-state index in [-0.39, 0.29) is 24.4 Å². The van der Waals surface area contributed by atoms with Gasteiger partial charge in [0.25, 0.3) is 0 Å². The summed E-state index contributed by atoms with van der Waals surface area (Å²) in [5.74, 6) is 0.293. The molecule has 0 bridgehead atoms. The van der Waals surface area contributed by atoms with Crippen molar-refractivity contribution in [3.8, 4) is 5.75 Å². The second-order valence-electron chi connectivity index (χ2n) is 10.2. The molecule has 0 spiro atoms. The number of esters is 1. The first-order valence-corrected chi connectivity index (χ1v) is 13.1. The highest BCUT2D eigenvalue weighted by molar-refractivity contribution is 5.71. The summed E-state index contributed by atoms with van der Waals surface area (Å²) in [5, 5.41) is 8.62. The number of nitrogens with zero attached hydrogens (tertiary/aromatic N) is 4. The molecule has 8 nitrogen and oxygen atoms in total. The quantitative estimate of drug-likeness (QED) is 0.316. The van der Waals surface area contributed by atoms with Gasteiger partial charge in [0.05, 0.1) is 24.9 Å². The molecule has 2 aliphatic rings. The highest BCUT2D eigenvalue weighted by Gasteiger charge is 2.26. The van der Waals surface area contributed by atoms with Gasteiger partial charge in [0.15, 0.2) is 0 Å². The lowest BCUT2D eigenvalue weighted by molar-refractivity contribution is -0.140. The van der Waals surface area contributed by atoms with Gasteiger partial charge >= 0.3 is 5.97 Å². The number of rotatable bonds is 8.